The minimum absolute atomic E-state index is 0.0405. The third kappa shape index (κ3) is 2.83. The first-order valence-corrected chi connectivity index (χ1v) is 7.98. The zero-order chi connectivity index (χ0) is 14.4. The molecule has 1 aliphatic carbocycles. The molecule has 5 heteroatoms. The highest BCUT2D eigenvalue weighted by molar-refractivity contribution is 7.89. The molecule has 0 saturated heterocycles. The lowest BCUT2D eigenvalue weighted by Crippen LogP contribution is -2.29. The van der Waals surface area contributed by atoms with Crippen LogP contribution in [0.15, 0.2) is 17.0 Å². The van der Waals surface area contributed by atoms with E-state index >= 15 is 0 Å². The van der Waals surface area contributed by atoms with E-state index in [1.807, 2.05) is 19.9 Å². The van der Waals surface area contributed by atoms with Crippen LogP contribution in [0.1, 0.15) is 37.0 Å². The Hall–Kier alpha value is -0.910. The summed E-state index contributed by atoms with van der Waals surface area (Å²) in [5.74, 6) is 0. The fourth-order valence-corrected chi connectivity index (χ4v) is 3.99. The molecule has 0 heterocycles. The smallest absolute Gasteiger partial charge is 0.241 e. The lowest BCUT2D eigenvalue weighted by Gasteiger charge is -2.14. The molecule has 1 atom stereocenters. The maximum Gasteiger partial charge on any atom is 0.241 e. The van der Waals surface area contributed by atoms with Gasteiger partial charge in [-0.2, -0.15) is 0 Å². The number of sulfonamides is 1. The van der Waals surface area contributed by atoms with Crippen LogP contribution in [0.3, 0.4) is 0 Å². The molecule has 2 rings (SSSR count). The largest absolute Gasteiger partial charge is 0.326 e. The molecule has 1 fully saturated rings. The minimum Gasteiger partial charge on any atom is -0.326 e. The lowest BCUT2D eigenvalue weighted by molar-refractivity contribution is 0.554. The fraction of sp³-hybridized carbons (Fsp3) is 0.571. The molecule has 0 bridgehead atoms. The zero-order valence-corrected chi connectivity index (χ0v) is 12.8. The van der Waals surface area contributed by atoms with Gasteiger partial charge in [0.15, 0.2) is 0 Å². The fourth-order valence-electron chi connectivity index (χ4n) is 2.22. The summed E-state index contributed by atoms with van der Waals surface area (Å²) >= 11 is 0. The van der Waals surface area contributed by atoms with E-state index in [0.29, 0.717) is 11.4 Å². The number of benzene rings is 1. The summed E-state index contributed by atoms with van der Waals surface area (Å²) in [5, 5.41) is 0. The Morgan fingerprint density at radius 1 is 1.37 bits per heavy atom. The Labute approximate surface area is 115 Å². The maximum absolute atomic E-state index is 12.5. The molecular weight excluding hydrogens is 260 g/mol. The normalized spacial score (nSPS) is 21.4. The van der Waals surface area contributed by atoms with Crippen LogP contribution < -0.4 is 10.5 Å². The molecule has 0 spiro atoms. The van der Waals surface area contributed by atoms with E-state index in [2.05, 4.69) is 18.6 Å². The topological polar surface area (TPSA) is 72.2 Å². The Bertz CT molecular complexity index is 606. The van der Waals surface area contributed by atoms with Gasteiger partial charge in [0, 0.05) is 12.6 Å². The first kappa shape index (κ1) is 14.5. The van der Waals surface area contributed by atoms with Crippen molar-refractivity contribution in [2.45, 2.75) is 51.6 Å². The zero-order valence-electron chi connectivity index (χ0n) is 11.9. The number of hydrogen-bond donors (Lipinski definition) is 2. The summed E-state index contributed by atoms with van der Waals surface area (Å²) in [6, 6.07) is 3.66. The molecule has 1 aliphatic rings. The minimum atomic E-state index is -3.46. The van der Waals surface area contributed by atoms with Crippen molar-refractivity contribution in [2.24, 2.45) is 11.1 Å². The number of rotatable bonds is 4. The third-order valence-electron chi connectivity index (χ3n) is 4.02. The van der Waals surface area contributed by atoms with Gasteiger partial charge in [-0.3, -0.25) is 0 Å². The van der Waals surface area contributed by atoms with Crippen LogP contribution in [-0.2, 0) is 16.6 Å². The molecule has 106 valence electrons. The number of nitrogens with one attached hydrogen (secondary N) is 1. The molecular formula is C14H22N2O2S. The van der Waals surface area contributed by atoms with Crippen molar-refractivity contribution in [3.05, 3.63) is 28.8 Å². The summed E-state index contributed by atoms with van der Waals surface area (Å²) in [5.41, 5.74) is 8.29. The molecule has 0 radical (unpaired) electrons. The quantitative estimate of drug-likeness (QED) is 0.885. The van der Waals surface area contributed by atoms with Crippen molar-refractivity contribution in [3.63, 3.8) is 0 Å². The average Bonchev–Trinajstić information content (AvgIpc) is 2.88. The summed E-state index contributed by atoms with van der Waals surface area (Å²) in [7, 11) is -3.46. The van der Waals surface area contributed by atoms with E-state index in [4.69, 9.17) is 5.73 Å². The molecule has 3 N–H and O–H groups in total. The molecule has 1 aromatic carbocycles. The van der Waals surface area contributed by atoms with Gasteiger partial charge >= 0.3 is 0 Å². The standard InChI is InChI=1S/C14H22N2O2S/c1-9-5-11(8-15)6-12(10(9)2)19(17,18)16-13-7-14(13,3)4/h5-6,13,16H,7-8,15H2,1-4H3. The van der Waals surface area contributed by atoms with E-state index in [-0.39, 0.29) is 11.5 Å². The van der Waals surface area contributed by atoms with E-state index in [0.717, 1.165) is 23.1 Å². The molecule has 0 aromatic heterocycles. The van der Waals surface area contributed by atoms with Gasteiger partial charge in [-0.1, -0.05) is 19.9 Å². The predicted octanol–water partition coefficient (Wildman–Crippen LogP) is 1.84. The third-order valence-corrected chi connectivity index (χ3v) is 5.61. The van der Waals surface area contributed by atoms with Gasteiger partial charge in [0.1, 0.15) is 0 Å². The van der Waals surface area contributed by atoms with Crippen molar-refractivity contribution in [1.82, 2.24) is 4.72 Å². The monoisotopic (exact) mass is 282 g/mol. The molecule has 19 heavy (non-hydrogen) atoms. The number of nitrogens with two attached hydrogens (primary N) is 1. The first-order valence-electron chi connectivity index (χ1n) is 6.50. The molecule has 0 aliphatic heterocycles. The summed E-state index contributed by atoms with van der Waals surface area (Å²) in [6.07, 6.45) is 0.890. The number of aryl methyl sites for hydroxylation is 1. The van der Waals surface area contributed by atoms with Crippen LogP contribution in [-0.4, -0.2) is 14.5 Å². The summed E-state index contributed by atoms with van der Waals surface area (Å²) in [4.78, 5) is 0.357. The van der Waals surface area contributed by atoms with Gasteiger partial charge in [0.05, 0.1) is 4.90 Å². The van der Waals surface area contributed by atoms with Gasteiger partial charge < -0.3 is 5.73 Å². The van der Waals surface area contributed by atoms with Crippen molar-refractivity contribution >= 4 is 10.0 Å². The Kier molecular flexibility index (Phi) is 3.49. The molecule has 1 unspecified atom stereocenters. The van der Waals surface area contributed by atoms with Crippen LogP contribution in [0.5, 0.6) is 0 Å². The highest BCUT2D eigenvalue weighted by atomic mass is 32.2. The van der Waals surface area contributed by atoms with Gasteiger partial charge in [-0.25, -0.2) is 13.1 Å². The van der Waals surface area contributed by atoms with Crippen LogP contribution in [0.4, 0.5) is 0 Å². The van der Waals surface area contributed by atoms with Gasteiger partial charge in [-0.15, -0.1) is 0 Å². The van der Waals surface area contributed by atoms with E-state index in [9.17, 15) is 8.42 Å². The second kappa shape index (κ2) is 4.58. The van der Waals surface area contributed by atoms with E-state index in [1.165, 1.54) is 0 Å². The van der Waals surface area contributed by atoms with Crippen LogP contribution >= 0.6 is 0 Å². The van der Waals surface area contributed by atoms with Gasteiger partial charge in [0.25, 0.3) is 0 Å². The Balaban J connectivity index is 2.37. The van der Waals surface area contributed by atoms with Crippen molar-refractivity contribution in [1.29, 1.82) is 0 Å². The second-order valence-corrected chi connectivity index (χ2v) is 7.79. The average molecular weight is 282 g/mol. The number of hydrogen-bond acceptors (Lipinski definition) is 3. The Morgan fingerprint density at radius 2 is 1.95 bits per heavy atom. The van der Waals surface area contributed by atoms with Crippen LogP contribution in [0.25, 0.3) is 0 Å². The first-order chi connectivity index (χ1) is 8.67. The highest BCUT2D eigenvalue weighted by Crippen LogP contribution is 2.45. The SMILES string of the molecule is Cc1cc(CN)cc(S(=O)(=O)NC2CC2(C)C)c1C. The molecule has 0 amide bonds. The lowest BCUT2D eigenvalue weighted by atomic mass is 10.1. The maximum atomic E-state index is 12.5. The highest BCUT2D eigenvalue weighted by Gasteiger charge is 2.48. The summed E-state index contributed by atoms with van der Waals surface area (Å²) < 4.78 is 27.7. The van der Waals surface area contributed by atoms with Crippen molar-refractivity contribution in [3.8, 4) is 0 Å². The molecule has 1 aromatic rings. The van der Waals surface area contributed by atoms with Crippen LogP contribution in [0, 0.1) is 19.3 Å². The van der Waals surface area contributed by atoms with E-state index < -0.39 is 10.0 Å². The Morgan fingerprint density at radius 3 is 2.42 bits per heavy atom. The van der Waals surface area contributed by atoms with Gasteiger partial charge in [0.2, 0.25) is 10.0 Å². The van der Waals surface area contributed by atoms with Crippen molar-refractivity contribution < 1.29 is 8.42 Å². The van der Waals surface area contributed by atoms with Crippen molar-refractivity contribution in [2.75, 3.05) is 0 Å². The van der Waals surface area contributed by atoms with E-state index in [1.54, 1.807) is 6.07 Å². The van der Waals surface area contributed by atoms with Crippen LogP contribution in [0.2, 0.25) is 0 Å². The molecule has 4 nitrogen and oxygen atoms in total. The van der Waals surface area contributed by atoms with Gasteiger partial charge in [-0.05, 0) is 48.4 Å². The second-order valence-electron chi connectivity index (χ2n) is 6.11. The molecule has 1 saturated carbocycles. The summed E-state index contributed by atoms with van der Waals surface area (Å²) in [6.45, 7) is 8.22. The predicted molar refractivity (Wildman–Crippen MR) is 76.3 cm³/mol.